The van der Waals surface area contributed by atoms with Crippen molar-refractivity contribution in [3.63, 3.8) is 0 Å². The molecule has 0 radical (unpaired) electrons. The summed E-state index contributed by atoms with van der Waals surface area (Å²) in [6.45, 7) is 5.30. The molecule has 10 heteroatoms. The smallest absolute Gasteiger partial charge is 0.295 e. The highest BCUT2D eigenvalue weighted by Gasteiger charge is 2.46. The molecule has 4 aromatic rings. The highest BCUT2D eigenvalue weighted by Crippen LogP contribution is 2.39. The van der Waals surface area contributed by atoms with Crippen molar-refractivity contribution in [2.75, 3.05) is 11.4 Å². The summed E-state index contributed by atoms with van der Waals surface area (Å²) in [5.41, 5.74) is 4.81. The molecule has 4 heterocycles. The second-order valence-electron chi connectivity index (χ2n) is 8.65. The van der Waals surface area contributed by atoms with Crippen molar-refractivity contribution in [1.82, 2.24) is 24.5 Å². The lowest BCUT2D eigenvalue weighted by molar-refractivity contribution is -0.173. The number of aryl methyl sites for hydroxylation is 3. The number of rotatable bonds is 3. The Hall–Kier alpha value is -3.69. The van der Waals surface area contributed by atoms with Crippen LogP contribution in [-0.4, -0.2) is 43.2 Å². The summed E-state index contributed by atoms with van der Waals surface area (Å²) in [6, 6.07) is 9.77. The van der Waals surface area contributed by atoms with Crippen LogP contribution in [0, 0.1) is 20.8 Å². The lowest BCUT2D eigenvalue weighted by Crippen LogP contribution is -2.44. The lowest BCUT2D eigenvalue weighted by atomic mass is 10.0. The van der Waals surface area contributed by atoms with Gasteiger partial charge in [0.15, 0.2) is 11.7 Å². The fourth-order valence-corrected chi connectivity index (χ4v) is 4.64. The molecule has 0 saturated heterocycles. The molecule has 0 saturated carbocycles. The van der Waals surface area contributed by atoms with Crippen LogP contribution in [0.2, 0.25) is 0 Å². The maximum absolute atomic E-state index is 13.5. The molecule has 1 unspecified atom stereocenters. The van der Waals surface area contributed by atoms with Gasteiger partial charge in [-0.15, -0.1) is 0 Å². The second kappa shape index (κ2) is 7.96. The Balaban J connectivity index is 1.50. The molecule has 0 fully saturated rings. The molecule has 5 rings (SSSR count). The van der Waals surface area contributed by atoms with Crippen molar-refractivity contribution >= 4 is 22.8 Å². The van der Waals surface area contributed by atoms with Gasteiger partial charge < -0.3 is 0 Å². The van der Waals surface area contributed by atoms with E-state index in [0.717, 1.165) is 32.5 Å². The molecule has 0 bridgehead atoms. The maximum atomic E-state index is 13.5. The van der Waals surface area contributed by atoms with E-state index < -0.39 is 12.2 Å². The minimum Gasteiger partial charge on any atom is -0.295 e. The monoisotopic (exact) mass is 468 g/mol. The van der Waals surface area contributed by atoms with Crippen molar-refractivity contribution in [2.45, 2.75) is 46.0 Å². The number of nitrogens with zero attached hydrogens (tertiary/aromatic N) is 6. The van der Waals surface area contributed by atoms with Crippen LogP contribution in [0.25, 0.3) is 22.2 Å². The number of amides is 1. The number of fused-ring (bicyclic) bond motifs is 2. The van der Waals surface area contributed by atoms with E-state index in [0.29, 0.717) is 11.3 Å². The van der Waals surface area contributed by atoms with Crippen LogP contribution in [0.1, 0.15) is 29.4 Å². The van der Waals surface area contributed by atoms with Crippen molar-refractivity contribution < 1.29 is 18.0 Å². The molecule has 0 spiro atoms. The van der Waals surface area contributed by atoms with Crippen molar-refractivity contribution in [1.29, 1.82) is 0 Å². The third kappa shape index (κ3) is 3.72. The number of halogens is 3. The quantitative estimate of drug-likeness (QED) is 0.435. The van der Waals surface area contributed by atoms with Gasteiger partial charge in [-0.1, -0.05) is 29.8 Å². The molecule has 3 aromatic heterocycles. The van der Waals surface area contributed by atoms with Crippen LogP contribution in [0.3, 0.4) is 0 Å². The Morgan fingerprint density at radius 1 is 1.12 bits per heavy atom. The number of hydrogen-bond acceptors (Lipinski definition) is 4. The van der Waals surface area contributed by atoms with Gasteiger partial charge in [-0.3, -0.25) is 9.69 Å². The molecule has 1 atom stereocenters. The van der Waals surface area contributed by atoms with Gasteiger partial charge in [0.25, 0.3) is 0 Å². The summed E-state index contributed by atoms with van der Waals surface area (Å²) >= 11 is 0. The van der Waals surface area contributed by atoms with Crippen LogP contribution >= 0.6 is 0 Å². The minimum absolute atomic E-state index is 0.0473. The molecule has 0 N–H and O–H groups in total. The number of aromatic nitrogens is 5. The Kier molecular flexibility index (Phi) is 5.18. The van der Waals surface area contributed by atoms with Crippen LogP contribution in [-0.2, 0) is 11.3 Å². The third-order valence-corrected chi connectivity index (χ3v) is 6.14. The topological polar surface area (TPSA) is 68.8 Å². The molecular formula is C24H23F3N6O. The number of carbonyl (C=O) groups is 1. The summed E-state index contributed by atoms with van der Waals surface area (Å²) < 4.78 is 42.9. The van der Waals surface area contributed by atoms with Gasteiger partial charge in [0.05, 0.1) is 11.4 Å². The number of benzene rings is 1. The molecule has 7 nitrogen and oxygen atoms in total. The number of anilines is 1. The van der Waals surface area contributed by atoms with E-state index in [9.17, 15) is 18.0 Å². The normalized spacial score (nSPS) is 16.2. The highest BCUT2D eigenvalue weighted by molar-refractivity contribution is 5.97. The summed E-state index contributed by atoms with van der Waals surface area (Å²) in [4.78, 5) is 19.1. The van der Waals surface area contributed by atoms with Crippen molar-refractivity contribution in [3.8, 4) is 11.1 Å². The molecule has 176 valence electrons. The zero-order valence-corrected chi connectivity index (χ0v) is 19.0. The average Bonchev–Trinajstić information content (AvgIpc) is 3.31. The molecule has 0 aliphatic carbocycles. The van der Waals surface area contributed by atoms with E-state index in [1.54, 1.807) is 13.1 Å². The van der Waals surface area contributed by atoms with Gasteiger partial charge in [-0.05, 0) is 44.4 Å². The minimum atomic E-state index is -4.44. The van der Waals surface area contributed by atoms with Gasteiger partial charge in [-0.25, -0.2) is 14.3 Å². The Bertz CT molecular complexity index is 1400. The van der Waals surface area contributed by atoms with Crippen LogP contribution < -0.4 is 4.90 Å². The van der Waals surface area contributed by atoms with E-state index in [1.807, 2.05) is 38.1 Å². The Morgan fingerprint density at radius 3 is 2.65 bits per heavy atom. The number of hydrogen-bond donors (Lipinski definition) is 0. The largest absolute Gasteiger partial charge is 0.410 e. The fraction of sp³-hybridized carbons (Fsp3) is 0.333. The van der Waals surface area contributed by atoms with E-state index >= 15 is 0 Å². The summed E-state index contributed by atoms with van der Waals surface area (Å²) in [6.07, 6.45) is -3.01. The third-order valence-electron chi connectivity index (χ3n) is 6.14. The number of carbonyl (C=O) groups excluding carboxylic acids is 1. The van der Waals surface area contributed by atoms with Crippen molar-refractivity contribution in [3.05, 3.63) is 59.5 Å². The van der Waals surface area contributed by atoms with Gasteiger partial charge in [0, 0.05) is 24.2 Å². The first-order chi connectivity index (χ1) is 16.1. The van der Waals surface area contributed by atoms with E-state index in [1.165, 1.54) is 15.6 Å². The Morgan fingerprint density at radius 2 is 1.91 bits per heavy atom. The van der Waals surface area contributed by atoms with E-state index in [2.05, 4.69) is 21.2 Å². The molecular weight excluding hydrogens is 445 g/mol. The van der Waals surface area contributed by atoms with Gasteiger partial charge in [0.1, 0.15) is 12.4 Å². The lowest BCUT2D eigenvalue weighted by Gasteiger charge is -2.33. The standard InChI is InChI=1S/C24H23F3N6O/c1-14-5-4-6-17(11-14)18-7-9-28-23-22(18)16(3)30-32(23)13-21(34)31-10-8-19(24(25,26)27)33-20(31)12-15(2)29-33/h4-7,9,11-12,19H,8,10,13H2,1-3H3. The van der Waals surface area contributed by atoms with Crippen LogP contribution in [0.4, 0.5) is 19.0 Å². The zero-order chi connectivity index (χ0) is 24.2. The predicted molar refractivity (Wildman–Crippen MR) is 121 cm³/mol. The fourth-order valence-electron chi connectivity index (χ4n) is 4.64. The van der Waals surface area contributed by atoms with Gasteiger partial charge in [-0.2, -0.15) is 23.4 Å². The number of alkyl halides is 3. The summed E-state index contributed by atoms with van der Waals surface area (Å²) in [7, 11) is 0. The zero-order valence-electron chi connectivity index (χ0n) is 19.0. The average molecular weight is 468 g/mol. The Labute approximate surface area is 193 Å². The molecule has 1 amide bonds. The molecule has 1 aromatic carbocycles. The van der Waals surface area contributed by atoms with Gasteiger partial charge >= 0.3 is 6.18 Å². The summed E-state index contributed by atoms with van der Waals surface area (Å²) in [5.74, 6) is -0.216. The second-order valence-corrected chi connectivity index (χ2v) is 8.65. The molecule has 1 aliphatic rings. The first-order valence-electron chi connectivity index (χ1n) is 11.0. The van der Waals surface area contributed by atoms with Crippen LogP contribution in [0.5, 0.6) is 0 Å². The number of pyridine rings is 1. The highest BCUT2D eigenvalue weighted by atomic mass is 19.4. The van der Waals surface area contributed by atoms with Crippen LogP contribution in [0.15, 0.2) is 42.6 Å². The predicted octanol–water partition coefficient (Wildman–Crippen LogP) is 4.76. The summed E-state index contributed by atoms with van der Waals surface area (Å²) in [5, 5.41) is 9.41. The van der Waals surface area contributed by atoms with Crippen molar-refractivity contribution in [2.24, 2.45) is 0 Å². The SMILES string of the molecule is Cc1cccc(-c2ccnc3c2c(C)nn3CC(=O)N2CCC(C(F)(F)F)n3nc(C)cc32)c1. The first kappa shape index (κ1) is 22.1. The van der Waals surface area contributed by atoms with Gasteiger partial charge in [0.2, 0.25) is 5.91 Å². The molecule has 34 heavy (non-hydrogen) atoms. The van der Waals surface area contributed by atoms with E-state index in [4.69, 9.17) is 0 Å². The van der Waals surface area contributed by atoms with E-state index in [-0.39, 0.29) is 31.2 Å². The first-order valence-corrected chi connectivity index (χ1v) is 11.0. The maximum Gasteiger partial charge on any atom is 0.410 e. The molecule has 1 aliphatic heterocycles.